The van der Waals surface area contributed by atoms with Crippen molar-refractivity contribution in [1.29, 1.82) is 0 Å². The topological polar surface area (TPSA) is 42.4 Å². The predicted octanol–water partition coefficient (Wildman–Crippen LogP) is 3.54. The zero-order valence-corrected chi connectivity index (χ0v) is 11.8. The second-order valence-electron chi connectivity index (χ2n) is 5.35. The molecule has 2 rings (SSSR count). The third kappa shape index (κ3) is 3.44. The molecule has 0 aliphatic carbocycles. The zero-order chi connectivity index (χ0) is 13.8. The third-order valence-corrected chi connectivity index (χ3v) is 3.07. The Bertz CT molecular complexity index is 551. The Morgan fingerprint density at radius 1 is 1.21 bits per heavy atom. The minimum absolute atomic E-state index is 0.00203. The predicted molar refractivity (Wildman–Crippen MR) is 77.2 cm³/mol. The summed E-state index contributed by atoms with van der Waals surface area (Å²) < 4.78 is 5.85. The van der Waals surface area contributed by atoms with Gasteiger partial charge in [0.15, 0.2) is 0 Å². The summed E-state index contributed by atoms with van der Waals surface area (Å²) in [6.45, 7) is 6.40. The van der Waals surface area contributed by atoms with Crippen LogP contribution in [0.4, 0.5) is 0 Å². The van der Waals surface area contributed by atoms with Crippen LogP contribution in [0.3, 0.4) is 0 Å². The number of rotatable bonds is 5. The Morgan fingerprint density at radius 3 is 2.63 bits per heavy atom. The second-order valence-corrected chi connectivity index (χ2v) is 5.35. The van der Waals surface area contributed by atoms with Gasteiger partial charge < -0.3 is 9.84 Å². The first-order valence-corrected chi connectivity index (χ1v) is 6.76. The van der Waals surface area contributed by atoms with Crippen LogP contribution in [0.25, 0.3) is 10.9 Å². The molecule has 1 aromatic heterocycles. The van der Waals surface area contributed by atoms with Crippen LogP contribution < -0.4 is 4.74 Å². The molecule has 3 heteroatoms. The Morgan fingerprint density at radius 2 is 1.95 bits per heavy atom. The number of benzene rings is 1. The molecule has 0 saturated carbocycles. The molecule has 3 nitrogen and oxygen atoms in total. The van der Waals surface area contributed by atoms with Gasteiger partial charge in [-0.3, -0.25) is 0 Å². The Hall–Kier alpha value is -1.61. The maximum absolute atomic E-state index is 9.46. The van der Waals surface area contributed by atoms with Crippen molar-refractivity contribution in [3.8, 4) is 5.88 Å². The zero-order valence-electron chi connectivity index (χ0n) is 11.8. The number of aromatic nitrogens is 1. The summed E-state index contributed by atoms with van der Waals surface area (Å²) >= 11 is 0. The van der Waals surface area contributed by atoms with Gasteiger partial charge in [0.25, 0.3) is 0 Å². The van der Waals surface area contributed by atoms with Crippen molar-refractivity contribution >= 4 is 10.9 Å². The molecule has 0 aliphatic heterocycles. The van der Waals surface area contributed by atoms with Gasteiger partial charge in [0, 0.05) is 11.5 Å². The maximum atomic E-state index is 9.46. The summed E-state index contributed by atoms with van der Waals surface area (Å²) in [4.78, 5) is 4.50. The highest BCUT2D eigenvalue weighted by Gasteiger charge is 2.10. The first-order chi connectivity index (χ1) is 9.10. The summed E-state index contributed by atoms with van der Waals surface area (Å²) in [6.07, 6.45) is 1.11. The van der Waals surface area contributed by atoms with Crippen LogP contribution in [0, 0.1) is 5.92 Å². The number of nitrogens with zero attached hydrogens (tertiary/aromatic N) is 1. The van der Waals surface area contributed by atoms with E-state index in [-0.39, 0.29) is 12.7 Å². The quantitative estimate of drug-likeness (QED) is 0.893. The number of fused-ring (bicyclic) bond motifs is 1. The Labute approximate surface area is 114 Å². The van der Waals surface area contributed by atoms with Gasteiger partial charge in [0.2, 0.25) is 5.88 Å². The average molecular weight is 259 g/mol. The highest BCUT2D eigenvalue weighted by molar-refractivity contribution is 5.82. The lowest BCUT2D eigenvalue weighted by atomic mass is 10.1. The highest BCUT2D eigenvalue weighted by Crippen LogP contribution is 2.23. The van der Waals surface area contributed by atoms with Crippen molar-refractivity contribution in [3.05, 3.63) is 35.9 Å². The summed E-state index contributed by atoms with van der Waals surface area (Å²) in [7, 11) is 0. The molecule has 2 aromatic rings. The van der Waals surface area contributed by atoms with E-state index in [0.717, 1.165) is 22.9 Å². The molecular weight excluding hydrogens is 238 g/mol. The molecule has 0 fully saturated rings. The summed E-state index contributed by atoms with van der Waals surface area (Å²) in [6, 6.07) is 9.63. The first kappa shape index (κ1) is 13.8. The van der Waals surface area contributed by atoms with E-state index in [1.54, 1.807) is 0 Å². The lowest BCUT2D eigenvalue weighted by Gasteiger charge is -2.17. The number of aliphatic hydroxyl groups excluding tert-OH is 1. The molecule has 0 saturated heterocycles. The molecular formula is C16H21NO2. The van der Waals surface area contributed by atoms with E-state index in [0.29, 0.717) is 11.8 Å². The van der Waals surface area contributed by atoms with E-state index in [1.807, 2.05) is 30.3 Å². The molecule has 19 heavy (non-hydrogen) atoms. The SMILES string of the molecule is CC(C)CC(C)Oc1cc(CO)c2ccccc2n1. The van der Waals surface area contributed by atoms with E-state index >= 15 is 0 Å². The van der Waals surface area contributed by atoms with Gasteiger partial charge in [0.05, 0.1) is 18.2 Å². The molecule has 0 amide bonds. The van der Waals surface area contributed by atoms with Crippen LogP contribution in [0.1, 0.15) is 32.8 Å². The van der Waals surface area contributed by atoms with E-state index in [9.17, 15) is 5.11 Å². The molecule has 1 atom stereocenters. The number of hydrogen-bond donors (Lipinski definition) is 1. The lowest BCUT2D eigenvalue weighted by Crippen LogP contribution is -2.15. The minimum Gasteiger partial charge on any atom is -0.475 e. The van der Waals surface area contributed by atoms with Crippen molar-refractivity contribution in [1.82, 2.24) is 4.98 Å². The highest BCUT2D eigenvalue weighted by atomic mass is 16.5. The van der Waals surface area contributed by atoms with Gasteiger partial charge >= 0.3 is 0 Å². The fourth-order valence-corrected chi connectivity index (χ4v) is 2.33. The van der Waals surface area contributed by atoms with Crippen molar-refractivity contribution in [2.24, 2.45) is 5.92 Å². The van der Waals surface area contributed by atoms with E-state index in [2.05, 4.69) is 25.8 Å². The Balaban J connectivity index is 2.29. The lowest BCUT2D eigenvalue weighted by molar-refractivity contribution is 0.185. The van der Waals surface area contributed by atoms with Crippen molar-refractivity contribution in [2.45, 2.75) is 39.9 Å². The first-order valence-electron chi connectivity index (χ1n) is 6.76. The molecule has 0 aliphatic rings. The van der Waals surface area contributed by atoms with Crippen LogP contribution in [0.15, 0.2) is 30.3 Å². The van der Waals surface area contributed by atoms with Gasteiger partial charge in [-0.2, -0.15) is 0 Å². The normalized spacial score (nSPS) is 12.9. The van der Waals surface area contributed by atoms with Gasteiger partial charge in [-0.1, -0.05) is 32.0 Å². The minimum atomic E-state index is -0.00203. The Kier molecular flexibility index (Phi) is 4.38. The van der Waals surface area contributed by atoms with Crippen molar-refractivity contribution in [2.75, 3.05) is 0 Å². The largest absolute Gasteiger partial charge is 0.475 e. The number of pyridine rings is 1. The van der Waals surface area contributed by atoms with E-state index in [1.165, 1.54) is 0 Å². The molecule has 102 valence electrons. The molecule has 0 radical (unpaired) electrons. The number of para-hydroxylation sites is 1. The van der Waals surface area contributed by atoms with Crippen LogP contribution in [0.2, 0.25) is 0 Å². The monoisotopic (exact) mass is 259 g/mol. The third-order valence-electron chi connectivity index (χ3n) is 3.07. The van der Waals surface area contributed by atoms with Crippen molar-refractivity contribution < 1.29 is 9.84 Å². The molecule has 0 spiro atoms. The number of ether oxygens (including phenoxy) is 1. The van der Waals surface area contributed by atoms with Gasteiger partial charge in [-0.15, -0.1) is 0 Å². The van der Waals surface area contributed by atoms with Crippen molar-refractivity contribution in [3.63, 3.8) is 0 Å². The maximum Gasteiger partial charge on any atom is 0.214 e. The van der Waals surface area contributed by atoms with Crippen LogP contribution in [-0.2, 0) is 6.61 Å². The molecule has 0 bridgehead atoms. The molecule has 1 unspecified atom stereocenters. The van der Waals surface area contributed by atoms with Crippen LogP contribution >= 0.6 is 0 Å². The molecule has 1 aromatic carbocycles. The molecule has 1 N–H and O–H groups in total. The molecule has 1 heterocycles. The van der Waals surface area contributed by atoms with E-state index < -0.39 is 0 Å². The number of aliphatic hydroxyl groups is 1. The smallest absolute Gasteiger partial charge is 0.214 e. The fourth-order valence-electron chi connectivity index (χ4n) is 2.33. The average Bonchev–Trinajstić information content (AvgIpc) is 2.36. The standard InChI is InChI=1S/C16H21NO2/c1-11(2)8-12(3)19-16-9-13(10-18)14-6-4-5-7-15(14)17-16/h4-7,9,11-12,18H,8,10H2,1-3H3. The summed E-state index contributed by atoms with van der Waals surface area (Å²) in [5.41, 5.74) is 1.72. The number of hydrogen-bond acceptors (Lipinski definition) is 3. The fraction of sp³-hybridized carbons (Fsp3) is 0.438. The van der Waals surface area contributed by atoms with Crippen LogP contribution in [-0.4, -0.2) is 16.2 Å². The van der Waals surface area contributed by atoms with E-state index in [4.69, 9.17) is 4.74 Å². The second kappa shape index (κ2) is 6.02. The van der Waals surface area contributed by atoms with Gasteiger partial charge in [0.1, 0.15) is 0 Å². The summed E-state index contributed by atoms with van der Waals surface area (Å²) in [5, 5.41) is 10.4. The van der Waals surface area contributed by atoms with Crippen LogP contribution in [0.5, 0.6) is 5.88 Å². The van der Waals surface area contributed by atoms with Gasteiger partial charge in [-0.05, 0) is 30.9 Å². The van der Waals surface area contributed by atoms with Gasteiger partial charge in [-0.25, -0.2) is 4.98 Å². The summed E-state index contributed by atoms with van der Waals surface area (Å²) in [5.74, 6) is 1.18.